The molecule has 0 bridgehead atoms. The smallest absolute Gasteiger partial charge is 0.396 e. The summed E-state index contributed by atoms with van der Waals surface area (Å²) in [5.74, 6) is -0.961. The minimum Gasteiger partial charge on any atom is -0.494 e. The Labute approximate surface area is 140 Å². The molecule has 1 saturated heterocycles. The number of benzene rings is 1. The van der Waals surface area contributed by atoms with Crippen LogP contribution in [-0.2, 0) is 19.1 Å². The Morgan fingerprint density at radius 3 is 2.54 bits per heavy atom. The van der Waals surface area contributed by atoms with Crippen LogP contribution in [0, 0.1) is 5.92 Å². The average Bonchev–Trinajstić information content (AvgIpc) is 2.95. The van der Waals surface area contributed by atoms with Crippen molar-refractivity contribution in [2.45, 2.75) is 20.3 Å². The van der Waals surface area contributed by atoms with E-state index in [4.69, 9.17) is 4.74 Å². The number of esters is 1. The molecule has 0 saturated carbocycles. The highest BCUT2D eigenvalue weighted by Gasteiger charge is 2.31. The molecule has 0 radical (unpaired) electrons. The first-order valence-electron chi connectivity index (χ1n) is 8.03. The Bertz CT molecular complexity index is 600. The van der Waals surface area contributed by atoms with E-state index in [1.807, 2.05) is 31.2 Å². The van der Waals surface area contributed by atoms with Gasteiger partial charge in [-0.3, -0.25) is 9.59 Å². The molecule has 130 valence electrons. The van der Waals surface area contributed by atoms with E-state index in [1.165, 1.54) is 0 Å². The molecule has 1 aliphatic rings. The van der Waals surface area contributed by atoms with Gasteiger partial charge in [0.2, 0.25) is 5.91 Å². The third-order valence-electron chi connectivity index (χ3n) is 3.68. The van der Waals surface area contributed by atoms with Crippen LogP contribution < -0.4 is 15.0 Å². The first kappa shape index (κ1) is 17.8. The zero-order chi connectivity index (χ0) is 17.5. The van der Waals surface area contributed by atoms with Crippen molar-refractivity contribution in [1.82, 2.24) is 5.32 Å². The minimum absolute atomic E-state index is 0.00505. The molecule has 24 heavy (non-hydrogen) atoms. The predicted molar refractivity (Wildman–Crippen MR) is 87.7 cm³/mol. The first-order chi connectivity index (χ1) is 11.5. The van der Waals surface area contributed by atoms with Crippen LogP contribution in [0.1, 0.15) is 20.3 Å². The molecule has 0 aliphatic carbocycles. The first-order valence-corrected chi connectivity index (χ1v) is 8.03. The summed E-state index contributed by atoms with van der Waals surface area (Å²) >= 11 is 0. The van der Waals surface area contributed by atoms with Crippen LogP contribution in [-0.4, -0.2) is 44.1 Å². The summed E-state index contributed by atoms with van der Waals surface area (Å²) in [6.07, 6.45) is 0.330. The average molecular weight is 334 g/mol. The van der Waals surface area contributed by atoms with E-state index in [1.54, 1.807) is 11.8 Å². The van der Waals surface area contributed by atoms with Crippen LogP contribution in [0.15, 0.2) is 24.3 Å². The molecular weight excluding hydrogens is 312 g/mol. The van der Waals surface area contributed by atoms with Crippen molar-refractivity contribution in [3.8, 4) is 5.75 Å². The van der Waals surface area contributed by atoms with Crippen molar-refractivity contribution in [1.29, 1.82) is 0 Å². The number of anilines is 1. The summed E-state index contributed by atoms with van der Waals surface area (Å²) in [5.41, 5.74) is 0.794. The molecule has 1 aromatic rings. The van der Waals surface area contributed by atoms with Crippen LogP contribution in [0.25, 0.3) is 0 Å². The molecule has 1 atom stereocenters. The van der Waals surface area contributed by atoms with Gasteiger partial charge in [-0.25, -0.2) is 4.79 Å². The van der Waals surface area contributed by atoms with Crippen molar-refractivity contribution in [2.24, 2.45) is 5.92 Å². The Balaban J connectivity index is 1.88. The van der Waals surface area contributed by atoms with Gasteiger partial charge in [-0.05, 0) is 38.1 Å². The standard InChI is InChI=1S/C17H22N2O5/c1-3-23-14-7-5-13(6-8-14)19-11-12(9-15(19)20)10-18-16(21)17(22)24-4-2/h5-8,12H,3-4,9-11H2,1-2H3,(H,18,21). The minimum atomic E-state index is -0.898. The Morgan fingerprint density at radius 1 is 1.21 bits per heavy atom. The lowest BCUT2D eigenvalue weighted by atomic mass is 10.1. The lowest BCUT2D eigenvalue weighted by molar-refractivity contribution is -0.154. The molecule has 1 aromatic carbocycles. The summed E-state index contributed by atoms with van der Waals surface area (Å²) in [5, 5.41) is 2.52. The normalized spacial score (nSPS) is 16.8. The van der Waals surface area contributed by atoms with Crippen LogP contribution in [0.4, 0.5) is 5.69 Å². The SMILES string of the molecule is CCOC(=O)C(=O)NCC1CC(=O)N(c2ccc(OCC)cc2)C1. The van der Waals surface area contributed by atoms with E-state index in [9.17, 15) is 14.4 Å². The van der Waals surface area contributed by atoms with Crippen molar-refractivity contribution < 1.29 is 23.9 Å². The number of hydrogen-bond donors (Lipinski definition) is 1. The quantitative estimate of drug-likeness (QED) is 0.622. The maximum atomic E-state index is 12.2. The second-order valence-corrected chi connectivity index (χ2v) is 5.43. The van der Waals surface area contributed by atoms with Gasteiger partial charge in [0.15, 0.2) is 0 Å². The molecule has 2 amide bonds. The Hall–Kier alpha value is -2.57. The fourth-order valence-corrected chi connectivity index (χ4v) is 2.56. The lowest BCUT2D eigenvalue weighted by Crippen LogP contribution is -2.36. The van der Waals surface area contributed by atoms with E-state index in [-0.39, 0.29) is 25.0 Å². The highest BCUT2D eigenvalue weighted by molar-refractivity contribution is 6.32. The van der Waals surface area contributed by atoms with Crippen molar-refractivity contribution >= 4 is 23.5 Å². The summed E-state index contributed by atoms with van der Waals surface area (Å²) in [6.45, 7) is 5.04. The molecule has 2 rings (SSSR count). The molecule has 1 unspecified atom stereocenters. The number of hydrogen-bond acceptors (Lipinski definition) is 5. The molecule has 1 fully saturated rings. The number of nitrogens with zero attached hydrogens (tertiary/aromatic N) is 1. The molecule has 1 aliphatic heterocycles. The zero-order valence-electron chi connectivity index (χ0n) is 13.9. The number of carbonyl (C=O) groups excluding carboxylic acids is 3. The van der Waals surface area contributed by atoms with E-state index in [2.05, 4.69) is 10.1 Å². The number of nitrogens with one attached hydrogen (secondary N) is 1. The van der Waals surface area contributed by atoms with Crippen LogP contribution >= 0.6 is 0 Å². The highest BCUT2D eigenvalue weighted by atomic mass is 16.5. The van der Waals surface area contributed by atoms with Crippen LogP contribution in [0.5, 0.6) is 5.75 Å². The maximum Gasteiger partial charge on any atom is 0.396 e. The van der Waals surface area contributed by atoms with Crippen molar-refractivity contribution in [3.63, 3.8) is 0 Å². The third-order valence-corrected chi connectivity index (χ3v) is 3.68. The van der Waals surface area contributed by atoms with Crippen molar-refractivity contribution in [2.75, 3.05) is 31.2 Å². The van der Waals surface area contributed by atoms with E-state index < -0.39 is 11.9 Å². The fraction of sp³-hybridized carbons (Fsp3) is 0.471. The van der Waals surface area contributed by atoms with Crippen LogP contribution in [0.2, 0.25) is 0 Å². The molecule has 0 spiro atoms. The summed E-state index contributed by atoms with van der Waals surface area (Å²) < 4.78 is 10.0. The number of carbonyl (C=O) groups is 3. The summed E-state index contributed by atoms with van der Waals surface area (Å²) in [7, 11) is 0. The van der Waals surface area contributed by atoms with Gasteiger partial charge in [-0.15, -0.1) is 0 Å². The molecule has 0 aromatic heterocycles. The monoisotopic (exact) mass is 334 g/mol. The highest BCUT2D eigenvalue weighted by Crippen LogP contribution is 2.26. The maximum absolute atomic E-state index is 12.2. The van der Waals surface area contributed by atoms with Gasteiger partial charge in [0, 0.05) is 31.1 Å². The third kappa shape index (κ3) is 4.47. The van der Waals surface area contributed by atoms with Crippen molar-refractivity contribution in [3.05, 3.63) is 24.3 Å². The second-order valence-electron chi connectivity index (χ2n) is 5.43. The number of ether oxygens (including phenoxy) is 2. The Kier molecular flexibility index (Phi) is 6.17. The molecule has 1 N–H and O–H groups in total. The fourth-order valence-electron chi connectivity index (χ4n) is 2.56. The molecule has 1 heterocycles. The summed E-state index contributed by atoms with van der Waals surface area (Å²) in [6, 6.07) is 7.31. The molecule has 7 heteroatoms. The zero-order valence-corrected chi connectivity index (χ0v) is 13.9. The van der Waals surface area contributed by atoms with Gasteiger partial charge in [0.25, 0.3) is 0 Å². The lowest BCUT2D eigenvalue weighted by Gasteiger charge is -2.17. The van der Waals surface area contributed by atoms with Gasteiger partial charge >= 0.3 is 11.9 Å². The van der Waals surface area contributed by atoms with E-state index in [0.717, 1.165) is 11.4 Å². The topological polar surface area (TPSA) is 84.9 Å². The van der Waals surface area contributed by atoms with Gasteiger partial charge in [0.05, 0.1) is 13.2 Å². The van der Waals surface area contributed by atoms with Crippen LogP contribution in [0.3, 0.4) is 0 Å². The van der Waals surface area contributed by atoms with Gasteiger partial charge in [-0.2, -0.15) is 0 Å². The van der Waals surface area contributed by atoms with E-state index >= 15 is 0 Å². The molecular formula is C17H22N2O5. The number of rotatable bonds is 6. The largest absolute Gasteiger partial charge is 0.494 e. The van der Waals surface area contributed by atoms with E-state index in [0.29, 0.717) is 19.6 Å². The summed E-state index contributed by atoms with van der Waals surface area (Å²) in [4.78, 5) is 36.6. The van der Waals surface area contributed by atoms with Gasteiger partial charge < -0.3 is 19.7 Å². The van der Waals surface area contributed by atoms with Gasteiger partial charge in [-0.1, -0.05) is 0 Å². The second kappa shape index (κ2) is 8.33. The number of amides is 2. The Morgan fingerprint density at radius 2 is 1.92 bits per heavy atom. The molecule has 7 nitrogen and oxygen atoms in total. The predicted octanol–water partition coefficient (Wildman–Crippen LogP) is 1.12. The van der Waals surface area contributed by atoms with Gasteiger partial charge in [0.1, 0.15) is 5.75 Å².